The first-order valence-corrected chi connectivity index (χ1v) is 4.55. The van der Waals surface area contributed by atoms with Crippen LogP contribution in [0.25, 0.3) is 0 Å². The van der Waals surface area contributed by atoms with Gasteiger partial charge in [-0.3, -0.25) is 10.1 Å². The second-order valence-corrected chi connectivity index (χ2v) is 2.97. The van der Waals surface area contributed by atoms with Gasteiger partial charge in [0.1, 0.15) is 5.82 Å². The van der Waals surface area contributed by atoms with Crippen molar-refractivity contribution in [3.63, 3.8) is 0 Å². The minimum atomic E-state index is -0.488. The first kappa shape index (κ1) is 10.0. The van der Waals surface area contributed by atoms with Crippen LogP contribution >= 0.6 is 0 Å². The van der Waals surface area contributed by atoms with Crippen molar-refractivity contribution in [1.82, 2.24) is 9.97 Å². The van der Waals surface area contributed by atoms with Crippen LogP contribution in [0.3, 0.4) is 0 Å². The largest absolute Gasteiger partial charge is 0.319 e. The van der Waals surface area contributed by atoms with E-state index in [-0.39, 0.29) is 11.5 Å². The van der Waals surface area contributed by atoms with Gasteiger partial charge in [-0.1, -0.05) is 6.07 Å². The molecule has 2 rings (SSSR count). The molecule has 2 aromatic heterocycles. The Labute approximate surface area is 91.1 Å². The van der Waals surface area contributed by atoms with Gasteiger partial charge in [0.25, 0.3) is 0 Å². The number of nitrogens with zero attached hydrogens (tertiary/aromatic N) is 3. The lowest BCUT2D eigenvalue weighted by Gasteiger charge is -2.03. The summed E-state index contributed by atoms with van der Waals surface area (Å²) in [6.45, 7) is 0. The molecule has 0 unspecified atom stereocenters. The third-order valence-corrected chi connectivity index (χ3v) is 1.89. The second kappa shape index (κ2) is 4.35. The van der Waals surface area contributed by atoms with Crippen molar-refractivity contribution in [3.8, 4) is 0 Å². The van der Waals surface area contributed by atoms with Gasteiger partial charge in [0.05, 0.1) is 4.92 Å². The van der Waals surface area contributed by atoms with Gasteiger partial charge in [0, 0.05) is 18.5 Å². The zero-order chi connectivity index (χ0) is 11.4. The smallest absolute Gasteiger partial charge is 0.311 e. The van der Waals surface area contributed by atoms with E-state index in [1.54, 1.807) is 24.4 Å². The lowest BCUT2D eigenvalue weighted by molar-refractivity contribution is -0.384. The topological polar surface area (TPSA) is 81.0 Å². The summed E-state index contributed by atoms with van der Waals surface area (Å²) in [6.07, 6.45) is 3.08. The maximum absolute atomic E-state index is 10.7. The average molecular weight is 216 g/mol. The Bertz CT molecular complexity index is 501. The molecule has 6 heteroatoms. The second-order valence-electron chi connectivity index (χ2n) is 2.97. The standard InChI is InChI=1S/C10H8N4O2/c15-14(16)8-4-3-7-12-10(8)13-9-5-1-2-6-11-9/h1-7H,(H,11,12,13). The summed E-state index contributed by atoms with van der Waals surface area (Å²) in [7, 11) is 0. The average Bonchev–Trinajstić information content (AvgIpc) is 2.31. The Hall–Kier alpha value is -2.50. The van der Waals surface area contributed by atoms with Crippen molar-refractivity contribution in [3.05, 3.63) is 52.8 Å². The van der Waals surface area contributed by atoms with Crippen molar-refractivity contribution in [1.29, 1.82) is 0 Å². The zero-order valence-corrected chi connectivity index (χ0v) is 8.20. The number of hydrogen-bond acceptors (Lipinski definition) is 5. The zero-order valence-electron chi connectivity index (χ0n) is 8.20. The summed E-state index contributed by atoms with van der Waals surface area (Å²) in [6, 6.07) is 8.15. The fourth-order valence-electron chi connectivity index (χ4n) is 1.20. The molecule has 6 nitrogen and oxygen atoms in total. The molecule has 0 aliphatic heterocycles. The summed E-state index contributed by atoms with van der Waals surface area (Å²) in [5.74, 6) is 0.704. The van der Waals surface area contributed by atoms with Crippen LogP contribution in [-0.2, 0) is 0 Å². The highest BCUT2D eigenvalue weighted by Crippen LogP contribution is 2.22. The van der Waals surface area contributed by atoms with Crippen LogP contribution in [0.2, 0.25) is 0 Å². The summed E-state index contributed by atoms with van der Waals surface area (Å²) in [5, 5.41) is 13.5. The fourth-order valence-corrected chi connectivity index (χ4v) is 1.20. The molecule has 0 spiro atoms. The van der Waals surface area contributed by atoms with Crippen molar-refractivity contribution in [2.24, 2.45) is 0 Å². The van der Waals surface area contributed by atoms with Crippen molar-refractivity contribution < 1.29 is 4.92 Å². The summed E-state index contributed by atoms with van der Waals surface area (Å²) in [5.41, 5.74) is -0.0758. The van der Waals surface area contributed by atoms with Crippen molar-refractivity contribution in [2.75, 3.05) is 5.32 Å². The van der Waals surface area contributed by atoms with Gasteiger partial charge in [0.2, 0.25) is 5.82 Å². The monoisotopic (exact) mass is 216 g/mol. The Morgan fingerprint density at radius 2 is 1.94 bits per heavy atom. The Kier molecular flexibility index (Phi) is 2.73. The van der Waals surface area contributed by atoms with Crippen LogP contribution in [0.4, 0.5) is 17.3 Å². The third kappa shape index (κ3) is 2.11. The van der Waals surface area contributed by atoms with E-state index in [0.29, 0.717) is 5.82 Å². The minimum Gasteiger partial charge on any atom is -0.319 e. The molecule has 2 heterocycles. The van der Waals surface area contributed by atoms with E-state index in [1.807, 2.05) is 0 Å². The number of pyridine rings is 2. The molecule has 0 aromatic carbocycles. The van der Waals surface area contributed by atoms with Gasteiger partial charge in [0.15, 0.2) is 0 Å². The van der Waals surface area contributed by atoms with Gasteiger partial charge < -0.3 is 5.32 Å². The van der Waals surface area contributed by atoms with E-state index in [9.17, 15) is 10.1 Å². The molecule has 0 atom stereocenters. The number of nitrogens with one attached hydrogen (secondary N) is 1. The maximum atomic E-state index is 10.7. The lowest BCUT2D eigenvalue weighted by Crippen LogP contribution is -2.00. The van der Waals surface area contributed by atoms with E-state index < -0.39 is 4.92 Å². The van der Waals surface area contributed by atoms with Crippen LogP contribution in [0, 0.1) is 10.1 Å². The number of hydrogen-bond donors (Lipinski definition) is 1. The normalized spacial score (nSPS) is 9.75. The summed E-state index contributed by atoms with van der Waals surface area (Å²) in [4.78, 5) is 18.1. The van der Waals surface area contributed by atoms with Gasteiger partial charge >= 0.3 is 5.69 Å². The molecule has 0 aliphatic carbocycles. The molecule has 80 valence electrons. The lowest BCUT2D eigenvalue weighted by atomic mass is 10.4. The molecule has 0 bridgehead atoms. The predicted octanol–water partition coefficient (Wildman–Crippen LogP) is 2.13. The molecular weight excluding hydrogens is 208 g/mol. The molecular formula is C10H8N4O2. The Morgan fingerprint density at radius 3 is 2.62 bits per heavy atom. The first-order valence-electron chi connectivity index (χ1n) is 4.55. The van der Waals surface area contributed by atoms with Crippen molar-refractivity contribution in [2.45, 2.75) is 0 Å². The molecule has 16 heavy (non-hydrogen) atoms. The SMILES string of the molecule is O=[N+]([O-])c1cccnc1Nc1ccccn1. The highest BCUT2D eigenvalue weighted by Gasteiger charge is 2.13. The number of aromatic nitrogens is 2. The van der Waals surface area contributed by atoms with Crippen LogP contribution in [0.5, 0.6) is 0 Å². The molecule has 2 aromatic rings. The molecule has 0 saturated heterocycles. The summed E-state index contributed by atoms with van der Waals surface area (Å²) < 4.78 is 0. The van der Waals surface area contributed by atoms with E-state index in [1.165, 1.54) is 18.3 Å². The third-order valence-electron chi connectivity index (χ3n) is 1.89. The minimum absolute atomic E-state index is 0.0758. The highest BCUT2D eigenvalue weighted by atomic mass is 16.6. The molecule has 0 saturated carbocycles. The predicted molar refractivity (Wildman–Crippen MR) is 58.4 cm³/mol. The van der Waals surface area contributed by atoms with E-state index in [0.717, 1.165) is 0 Å². The van der Waals surface area contributed by atoms with Crippen LogP contribution in [0.1, 0.15) is 0 Å². The van der Waals surface area contributed by atoms with Crippen molar-refractivity contribution >= 4 is 17.3 Å². The van der Waals surface area contributed by atoms with Gasteiger partial charge in [-0.15, -0.1) is 0 Å². The highest BCUT2D eigenvalue weighted by molar-refractivity contribution is 5.62. The molecule has 1 N–H and O–H groups in total. The van der Waals surface area contributed by atoms with Crippen LogP contribution < -0.4 is 5.32 Å². The molecule has 0 fully saturated rings. The quantitative estimate of drug-likeness (QED) is 0.627. The van der Waals surface area contributed by atoms with Crippen LogP contribution in [0.15, 0.2) is 42.7 Å². The Balaban J connectivity index is 2.31. The number of anilines is 2. The number of rotatable bonds is 3. The van der Waals surface area contributed by atoms with Crippen LogP contribution in [-0.4, -0.2) is 14.9 Å². The van der Waals surface area contributed by atoms with E-state index >= 15 is 0 Å². The molecule has 0 aliphatic rings. The maximum Gasteiger partial charge on any atom is 0.311 e. The van der Waals surface area contributed by atoms with Gasteiger partial charge in [-0.05, 0) is 18.2 Å². The summed E-state index contributed by atoms with van der Waals surface area (Å²) >= 11 is 0. The number of nitro groups is 1. The molecule has 0 amide bonds. The first-order chi connectivity index (χ1) is 7.77. The van der Waals surface area contributed by atoms with E-state index in [4.69, 9.17) is 0 Å². The fraction of sp³-hybridized carbons (Fsp3) is 0. The molecule has 0 radical (unpaired) electrons. The van der Waals surface area contributed by atoms with Gasteiger partial charge in [-0.25, -0.2) is 9.97 Å². The Morgan fingerprint density at radius 1 is 1.12 bits per heavy atom. The van der Waals surface area contributed by atoms with Gasteiger partial charge in [-0.2, -0.15) is 0 Å². The van der Waals surface area contributed by atoms with E-state index in [2.05, 4.69) is 15.3 Å².